The van der Waals surface area contributed by atoms with E-state index in [4.69, 9.17) is 9.47 Å². The third kappa shape index (κ3) is 5.03. The highest BCUT2D eigenvalue weighted by atomic mass is 32.2. The molecule has 0 amide bonds. The zero-order valence-corrected chi connectivity index (χ0v) is 19.5. The Balaban J connectivity index is 1.26. The first kappa shape index (κ1) is 22.1. The summed E-state index contributed by atoms with van der Waals surface area (Å²) in [4.78, 5) is 2.41. The third-order valence-corrected chi connectivity index (χ3v) is 8.71. The predicted molar refractivity (Wildman–Crippen MR) is 125 cm³/mol. The molecule has 31 heavy (non-hydrogen) atoms. The van der Waals surface area contributed by atoms with Gasteiger partial charge in [0.2, 0.25) is 10.0 Å². The lowest BCUT2D eigenvalue weighted by atomic mass is 9.98. The van der Waals surface area contributed by atoms with Crippen molar-refractivity contribution in [1.29, 1.82) is 0 Å². The van der Waals surface area contributed by atoms with E-state index in [1.54, 1.807) is 20.3 Å². The highest BCUT2D eigenvalue weighted by Crippen LogP contribution is 2.33. The molecule has 0 saturated carbocycles. The molecular weight excluding hydrogens is 432 g/mol. The molecular formula is C23H28N2O4S2. The summed E-state index contributed by atoms with van der Waals surface area (Å²) < 4.78 is 40.1. The summed E-state index contributed by atoms with van der Waals surface area (Å²) in [5.41, 5.74) is 2.58. The summed E-state index contributed by atoms with van der Waals surface area (Å²) in [5, 5.41) is 0.965. The molecule has 2 heterocycles. The monoisotopic (exact) mass is 460 g/mol. The molecule has 0 fully saturated rings. The second kappa shape index (κ2) is 9.56. The van der Waals surface area contributed by atoms with Gasteiger partial charge < -0.3 is 9.47 Å². The maximum atomic E-state index is 12.6. The van der Waals surface area contributed by atoms with Crippen LogP contribution in [-0.2, 0) is 23.0 Å². The Labute approximate surface area is 187 Å². The van der Waals surface area contributed by atoms with Crippen molar-refractivity contribution in [3.63, 3.8) is 0 Å². The van der Waals surface area contributed by atoms with Crippen LogP contribution in [0.15, 0.2) is 46.7 Å². The van der Waals surface area contributed by atoms with Gasteiger partial charge in [-0.3, -0.25) is 4.90 Å². The molecule has 4 rings (SSSR count). The Morgan fingerprint density at radius 2 is 1.77 bits per heavy atom. The van der Waals surface area contributed by atoms with Crippen LogP contribution in [0, 0.1) is 0 Å². The number of rotatable bonds is 9. The van der Waals surface area contributed by atoms with Gasteiger partial charge in [-0.1, -0.05) is 18.2 Å². The minimum absolute atomic E-state index is 0.380. The van der Waals surface area contributed by atoms with Crippen molar-refractivity contribution in [2.75, 3.05) is 33.9 Å². The number of thiophene rings is 1. The highest BCUT2D eigenvalue weighted by Gasteiger charge is 2.20. The highest BCUT2D eigenvalue weighted by molar-refractivity contribution is 7.91. The van der Waals surface area contributed by atoms with Gasteiger partial charge in [0.15, 0.2) is 11.5 Å². The molecule has 1 N–H and O–H groups in total. The molecule has 2 aromatic carbocycles. The van der Waals surface area contributed by atoms with Gasteiger partial charge in [-0.2, -0.15) is 0 Å². The molecule has 3 aromatic rings. The summed E-state index contributed by atoms with van der Waals surface area (Å²) in [7, 11) is -0.134. The first-order valence-corrected chi connectivity index (χ1v) is 12.7. The van der Waals surface area contributed by atoms with Gasteiger partial charge in [0, 0.05) is 24.3 Å². The molecule has 1 aliphatic heterocycles. The maximum absolute atomic E-state index is 12.6. The van der Waals surface area contributed by atoms with Gasteiger partial charge in [-0.25, -0.2) is 13.1 Å². The molecule has 1 aromatic heterocycles. The van der Waals surface area contributed by atoms with Crippen LogP contribution in [0.25, 0.3) is 10.1 Å². The fourth-order valence-electron chi connectivity index (χ4n) is 3.96. The minimum atomic E-state index is -3.45. The van der Waals surface area contributed by atoms with Crippen molar-refractivity contribution >= 4 is 31.4 Å². The standard InChI is InChI=1S/C23H28N2O4S2/c1-28-20-13-17-9-12-25(16-19(17)14-21(20)29-2)11-6-5-10-24-31(26,27)23-15-18-7-3-4-8-22(18)30-23/h3-4,7-8,13-15,24H,5-6,9-12,16H2,1-2H3. The van der Waals surface area contributed by atoms with E-state index in [1.165, 1.54) is 22.5 Å². The Hall–Kier alpha value is -2.13. The van der Waals surface area contributed by atoms with Gasteiger partial charge in [-0.15, -0.1) is 11.3 Å². The number of sulfonamides is 1. The Kier molecular flexibility index (Phi) is 6.81. The van der Waals surface area contributed by atoms with Crippen molar-refractivity contribution in [3.8, 4) is 11.5 Å². The van der Waals surface area contributed by atoms with Gasteiger partial charge in [0.25, 0.3) is 0 Å². The second-order valence-corrected chi connectivity index (χ2v) is 10.8. The van der Waals surface area contributed by atoms with E-state index in [9.17, 15) is 8.42 Å². The molecule has 0 radical (unpaired) electrons. The molecule has 0 atom stereocenters. The molecule has 0 saturated heterocycles. The number of nitrogens with one attached hydrogen (secondary N) is 1. The van der Waals surface area contributed by atoms with E-state index in [-0.39, 0.29) is 0 Å². The number of unbranched alkanes of at least 4 members (excludes halogenated alkanes) is 1. The zero-order valence-electron chi connectivity index (χ0n) is 17.9. The van der Waals surface area contributed by atoms with E-state index in [1.807, 2.05) is 24.3 Å². The number of methoxy groups -OCH3 is 2. The Bertz CT molecular complexity index is 1120. The molecule has 6 nitrogen and oxygen atoms in total. The van der Waals surface area contributed by atoms with Crippen molar-refractivity contribution in [1.82, 2.24) is 9.62 Å². The molecule has 166 valence electrons. The lowest BCUT2D eigenvalue weighted by molar-refractivity contribution is 0.248. The quantitative estimate of drug-likeness (QED) is 0.488. The SMILES string of the molecule is COc1cc2c(cc1OC)CN(CCCCNS(=O)(=O)c1cc3ccccc3s1)CC2. The third-order valence-electron chi connectivity index (χ3n) is 5.66. The number of ether oxygens (including phenoxy) is 2. The predicted octanol–water partition coefficient (Wildman–Crippen LogP) is 4.04. The van der Waals surface area contributed by atoms with Crippen molar-refractivity contribution in [2.24, 2.45) is 0 Å². The van der Waals surface area contributed by atoms with Gasteiger partial charge in [-0.05, 0) is 66.6 Å². The van der Waals surface area contributed by atoms with Crippen molar-refractivity contribution in [3.05, 3.63) is 53.6 Å². The topological polar surface area (TPSA) is 67.9 Å². The summed E-state index contributed by atoms with van der Waals surface area (Å²) in [6, 6.07) is 13.6. The van der Waals surface area contributed by atoms with Gasteiger partial charge >= 0.3 is 0 Å². The van der Waals surface area contributed by atoms with Crippen LogP contribution >= 0.6 is 11.3 Å². The van der Waals surface area contributed by atoms with Crippen molar-refractivity contribution in [2.45, 2.75) is 30.0 Å². The Morgan fingerprint density at radius 3 is 2.52 bits per heavy atom. The molecule has 0 aliphatic carbocycles. The summed E-state index contributed by atoms with van der Waals surface area (Å²) >= 11 is 1.31. The van der Waals surface area contributed by atoms with Gasteiger partial charge in [0.1, 0.15) is 4.21 Å². The van der Waals surface area contributed by atoms with Crippen molar-refractivity contribution < 1.29 is 17.9 Å². The summed E-state index contributed by atoms with van der Waals surface area (Å²) in [6.07, 6.45) is 2.73. The maximum Gasteiger partial charge on any atom is 0.250 e. The van der Waals surface area contributed by atoms with Crippen LogP contribution in [0.2, 0.25) is 0 Å². The van der Waals surface area contributed by atoms with Gasteiger partial charge in [0.05, 0.1) is 14.2 Å². The van der Waals surface area contributed by atoms with Crippen LogP contribution < -0.4 is 14.2 Å². The zero-order chi connectivity index (χ0) is 21.8. The van der Waals surface area contributed by atoms with Crippen LogP contribution in [0.1, 0.15) is 24.0 Å². The number of hydrogen-bond donors (Lipinski definition) is 1. The first-order chi connectivity index (χ1) is 15.0. The largest absolute Gasteiger partial charge is 0.493 e. The molecule has 1 aliphatic rings. The fourth-order valence-corrected chi connectivity index (χ4v) is 6.48. The molecule has 0 bridgehead atoms. The summed E-state index contributed by atoms with van der Waals surface area (Å²) in [5.74, 6) is 1.54. The lowest BCUT2D eigenvalue weighted by Gasteiger charge is -2.29. The van der Waals surface area contributed by atoms with E-state index in [0.29, 0.717) is 10.8 Å². The lowest BCUT2D eigenvalue weighted by Crippen LogP contribution is -2.32. The van der Waals surface area contributed by atoms with E-state index in [2.05, 4.69) is 21.8 Å². The van der Waals surface area contributed by atoms with Crippen LogP contribution in [0.4, 0.5) is 0 Å². The van der Waals surface area contributed by atoms with E-state index in [0.717, 1.165) is 60.5 Å². The van der Waals surface area contributed by atoms with E-state index >= 15 is 0 Å². The van der Waals surface area contributed by atoms with Crippen LogP contribution in [0.3, 0.4) is 0 Å². The second-order valence-electron chi connectivity index (χ2n) is 7.71. The number of fused-ring (bicyclic) bond motifs is 2. The average molecular weight is 461 g/mol. The summed E-state index contributed by atoms with van der Waals surface area (Å²) in [6.45, 7) is 3.27. The number of nitrogens with zero attached hydrogens (tertiary/aromatic N) is 1. The smallest absolute Gasteiger partial charge is 0.250 e. The van der Waals surface area contributed by atoms with Crippen LogP contribution in [0.5, 0.6) is 11.5 Å². The van der Waals surface area contributed by atoms with E-state index < -0.39 is 10.0 Å². The first-order valence-electron chi connectivity index (χ1n) is 10.4. The number of benzene rings is 2. The normalized spacial score (nSPS) is 14.5. The van der Waals surface area contributed by atoms with Crippen LogP contribution in [-0.4, -0.2) is 47.2 Å². The fraction of sp³-hybridized carbons (Fsp3) is 0.391. The molecule has 0 spiro atoms. The number of hydrogen-bond acceptors (Lipinski definition) is 6. The molecule has 0 unspecified atom stereocenters. The average Bonchev–Trinajstić information content (AvgIpc) is 3.23. The Morgan fingerprint density at radius 1 is 1.03 bits per heavy atom. The minimum Gasteiger partial charge on any atom is -0.493 e. The molecule has 8 heteroatoms.